The van der Waals surface area contributed by atoms with Crippen LogP contribution in [-0.2, 0) is 6.61 Å². The molecule has 5 heteroatoms. The molecule has 126 valence electrons. The normalized spacial score (nSPS) is 11.0. The van der Waals surface area contributed by atoms with Crippen molar-refractivity contribution in [2.75, 3.05) is 0 Å². The summed E-state index contributed by atoms with van der Waals surface area (Å²) >= 11 is 13.0. The summed E-state index contributed by atoms with van der Waals surface area (Å²) in [6, 6.07) is 21.3. The smallest absolute Gasteiger partial charge is 0.142 e. The molecule has 0 aliphatic carbocycles. The summed E-state index contributed by atoms with van der Waals surface area (Å²) < 4.78 is 7.85. The second kappa shape index (κ2) is 8.65. The zero-order valence-corrected chi connectivity index (χ0v) is 17.1. The third-order valence-electron chi connectivity index (χ3n) is 3.44. The first-order valence-electron chi connectivity index (χ1n) is 7.57. The number of hydrogen-bond donors (Lipinski definition) is 0. The number of rotatable bonds is 5. The molecule has 0 N–H and O–H groups in total. The lowest BCUT2D eigenvalue weighted by Gasteiger charge is -2.12. The molecule has 25 heavy (non-hydrogen) atoms. The van der Waals surface area contributed by atoms with Crippen molar-refractivity contribution in [2.24, 2.45) is 4.99 Å². The lowest BCUT2D eigenvalue weighted by Crippen LogP contribution is -1.99. The van der Waals surface area contributed by atoms with Gasteiger partial charge in [0.15, 0.2) is 0 Å². The monoisotopic (exact) mass is 477 g/mol. The van der Waals surface area contributed by atoms with Gasteiger partial charge in [-0.2, -0.15) is 0 Å². The molecule has 0 bridgehead atoms. The van der Waals surface area contributed by atoms with Gasteiger partial charge in [0.25, 0.3) is 0 Å². The first-order chi connectivity index (χ1) is 12.1. The van der Waals surface area contributed by atoms with E-state index in [-0.39, 0.29) is 0 Å². The van der Waals surface area contributed by atoms with Gasteiger partial charge in [0.2, 0.25) is 0 Å². The molecule has 0 atom stereocenters. The zero-order valence-electron chi connectivity index (χ0n) is 13.1. The lowest BCUT2D eigenvalue weighted by atomic mass is 10.2. The molecular formula is C20H14Br2ClNO. The highest BCUT2D eigenvalue weighted by atomic mass is 79.9. The number of halogens is 3. The summed E-state index contributed by atoms with van der Waals surface area (Å²) in [6.07, 6.45) is 1.81. The Balaban J connectivity index is 1.84. The van der Waals surface area contributed by atoms with Crippen molar-refractivity contribution in [3.63, 3.8) is 0 Å². The number of aliphatic imine (C=N–C) groups is 1. The van der Waals surface area contributed by atoms with E-state index in [0.717, 1.165) is 31.5 Å². The highest BCUT2D eigenvalue weighted by molar-refractivity contribution is 9.11. The quantitative estimate of drug-likeness (QED) is 0.355. The molecule has 0 saturated heterocycles. The van der Waals surface area contributed by atoms with Crippen LogP contribution >= 0.6 is 43.5 Å². The second-order valence-corrected chi connectivity index (χ2v) is 7.52. The van der Waals surface area contributed by atoms with Crippen LogP contribution in [0.4, 0.5) is 5.69 Å². The predicted octanol–water partition coefficient (Wildman–Crippen LogP) is 7.19. The van der Waals surface area contributed by atoms with Gasteiger partial charge in [-0.1, -0.05) is 57.9 Å². The minimum absolute atomic E-state index is 0.448. The Kier molecular flexibility index (Phi) is 6.29. The molecule has 2 nitrogen and oxygen atoms in total. The molecule has 3 aromatic carbocycles. The van der Waals surface area contributed by atoms with Crippen molar-refractivity contribution >= 4 is 55.4 Å². The topological polar surface area (TPSA) is 21.6 Å². The molecule has 0 radical (unpaired) electrons. The van der Waals surface area contributed by atoms with Gasteiger partial charge in [0.1, 0.15) is 12.4 Å². The fourth-order valence-electron chi connectivity index (χ4n) is 2.22. The molecular weight excluding hydrogens is 465 g/mol. The molecule has 0 spiro atoms. The second-order valence-electron chi connectivity index (χ2n) is 5.31. The van der Waals surface area contributed by atoms with E-state index in [2.05, 4.69) is 36.9 Å². The molecule has 0 fully saturated rings. The Bertz CT molecular complexity index is 880. The lowest BCUT2D eigenvalue weighted by molar-refractivity contribution is 0.304. The number of ether oxygens (including phenoxy) is 1. The van der Waals surface area contributed by atoms with Gasteiger partial charge >= 0.3 is 0 Å². The van der Waals surface area contributed by atoms with Crippen LogP contribution in [0.2, 0.25) is 5.02 Å². The third-order valence-corrected chi connectivity index (χ3v) is 4.74. The van der Waals surface area contributed by atoms with Crippen LogP contribution in [0.25, 0.3) is 0 Å². The van der Waals surface area contributed by atoms with Gasteiger partial charge in [-0.3, -0.25) is 4.99 Å². The minimum Gasteiger partial charge on any atom is -0.487 e. The number of para-hydroxylation sites is 1. The highest BCUT2D eigenvalue weighted by Gasteiger charge is 2.09. The molecule has 0 saturated carbocycles. The number of hydrogen-bond acceptors (Lipinski definition) is 2. The summed E-state index contributed by atoms with van der Waals surface area (Å²) in [7, 11) is 0. The summed E-state index contributed by atoms with van der Waals surface area (Å²) in [5.41, 5.74) is 2.83. The molecule has 0 aromatic heterocycles. The molecule has 3 aromatic rings. The van der Waals surface area contributed by atoms with Crippen LogP contribution in [0.5, 0.6) is 5.75 Å². The van der Waals surface area contributed by atoms with Crippen LogP contribution < -0.4 is 4.74 Å². The van der Waals surface area contributed by atoms with Crippen LogP contribution in [0.15, 0.2) is 80.7 Å². The van der Waals surface area contributed by atoms with Gasteiger partial charge in [-0.15, -0.1) is 0 Å². The van der Waals surface area contributed by atoms with Gasteiger partial charge in [-0.05, 0) is 57.9 Å². The summed E-state index contributed by atoms with van der Waals surface area (Å²) in [5.74, 6) is 0.748. The Morgan fingerprint density at radius 2 is 1.68 bits per heavy atom. The predicted molar refractivity (Wildman–Crippen MR) is 111 cm³/mol. The van der Waals surface area contributed by atoms with Crippen LogP contribution in [0, 0.1) is 0 Å². The van der Waals surface area contributed by atoms with Crippen molar-refractivity contribution < 1.29 is 4.74 Å². The largest absolute Gasteiger partial charge is 0.487 e. The summed E-state index contributed by atoms with van der Waals surface area (Å²) in [6.45, 7) is 0.448. The van der Waals surface area contributed by atoms with E-state index < -0.39 is 0 Å². The Morgan fingerprint density at radius 1 is 0.960 bits per heavy atom. The molecule has 3 rings (SSSR count). The van der Waals surface area contributed by atoms with Crippen LogP contribution in [0.1, 0.15) is 11.1 Å². The van der Waals surface area contributed by atoms with E-state index in [1.165, 1.54) is 0 Å². The number of benzene rings is 3. The van der Waals surface area contributed by atoms with E-state index in [1.807, 2.05) is 72.9 Å². The van der Waals surface area contributed by atoms with E-state index in [1.54, 1.807) is 0 Å². The average molecular weight is 480 g/mol. The van der Waals surface area contributed by atoms with Gasteiger partial charge in [0, 0.05) is 21.3 Å². The Hall–Kier alpha value is -1.62. The SMILES string of the molecule is Clc1ccc(COc2c(Br)cc(Br)cc2C=Nc2ccccc2)cc1. The maximum atomic E-state index is 6.04. The molecule has 0 amide bonds. The van der Waals surface area contributed by atoms with Crippen molar-refractivity contribution in [3.05, 3.63) is 91.8 Å². The van der Waals surface area contributed by atoms with Crippen molar-refractivity contribution in [2.45, 2.75) is 6.61 Å². The van der Waals surface area contributed by atoms with E-state index >= 15 is 0 Å². The highest BCUT2D eigenvalue weighted by Crippen LogP contribution is 2.33. The van der Waals surface area contributed by atoms with Gasteiger partial charge in [0.05, 0.1) is 10.2 Å². The first kappa shape index (κ1) is 18.2. The molecule has 0 heterocycles. The van der Waals surface area contributed by atoms with Crippen molar-refractivity contribution in [1.29, 1.82) is 0 Å². The minimum atomic E-state index is 0.448. The maximum absolute atomic E-state index is 6.04. The van der Waals surface area contributed by atoms with Gasteiger partial charge < -0.3 is 4.74 Å². The summed E-state index contributed by atoms with van der Waals surface area (Å²) in [4.78, 5) is 4.52. The molecule has 0 unspecified atom stereocenters. The third kappa shape index (κ3) is 5.18. The molecule has 0 aliphatic heterocycles. The van der Waals surface area contributed by atoms with Crippen molar-refractivity contribution in [1.82, 2.24) is 0 Å². The zero-order chi connectivity index (χ0) is 17.6. The standard InChI is InChI=1S/C20H14Br2ClNO/c21-16-10-15(12-24-18-4-2-1-3-5-18)20(19(22)11-16)25-13-14-6-8-17(23)9-7-14/h1-12H,13H2. The first-order valence-corrected chi connectivity index (χ1v) is 9.53. The Morgan fingerprint density at radius 3 is 2.40 bits per heavy atom. The fourth-order valence-corrected chi connectivity index (χ4v) is 3.72. The Labute approximate surface area is 168 Å². The number of nitrogens with zero attached hydrogens (tertiary/aromatic N) is 1. The molecule has 0 aliphatic rings. The average Bonchev–Trinajstić information content (AvgIpc) is 2.61. The van der Waals surface area contributed by atoms with Crippen LogP contribution in [-0.4, -0.2) is 6.21 Å². The van der Waals surface area contributed by atoms with E-state index in [4.69, 9.17) is 16.3 Å². The fraction of sp³-hybridized carbons (Fsp3) is 0.0500. The maximum Gasteiger partial charge on any atom is 0.142 e. The van der Waals surface area contributed by atoms with Gasteiger partial charge in [-0.25, -0.2) is 0 Å². The van der Waals surface area contributed by atoms with E-state index in [0.29, 0.717) is 11.6 Å². The van der Waals surface area contributed by atoms with E-state index in [9.17, 15) is 0 Å². The summed E-state index contributed by atoms with van der Waals surface area (Å²) in [5, 5.41) is 0.712. The van der Waals surface area contributed by atoms with Crippen molar-refractivity contribution in [3.8, 4) is 5.75 Å². The van der Waals surface area contributed by atoms with Crippen LogP contribution in [0.3, 0.4) is 0 Å².